The highest BCUT2D eigenvalue weighted by molar-refractivity contribution is 5.46. The van der Waals surface area contributed by atoms with Crippen LogP contribution in [0.1, 0.15) is 24.1 Å². The van der Waals surface area contributed by atoms with E-state index in [4.69, 9.17) is 0 Å². The Labute approximate surface area is 128 Å². The largest absolute Gasteiger partial charge is 0.416 e. The minimum absolute atomic E-state index is 0.199. The predicted molar refractivity (Wildman–Crippen MR) is 82.8 cm³/mol. The van der Waals surface area contributed by atoms with Crippen LogP contribution < -0.4 is 10.6 Å². The van der Waals surface area contributed by atoms with Gasteiger partial charge in [-0.05, 0) is 30.7 Å². The molecule has 2 N–H and O–H groups in total. The molecular formula is C17H19F3N2. The third-order valence-electron chi connectivity index (χ3n) is 3.39. The molecule has 5 heteroatoms. The zero-order valence-corrected chi connectivity index (χ0v) is 12.3. The van der Waals surface area contributed by atoms with E-state index in [1.807, 2.05) is 30.3 Å². The zero-order chi connectivity index (χ0) is 16.0. The quantitative estimate of drug-likeness (QED) is 0.770. The van der Waals surface area contributed by atoms with Crippen LogP contribution in [0.3, 0.4) is 0 Å². The van der Waals surface area contributed by atoms with E-state index in [9.17, 15) is 13.2 Å². The highest BCUT2D eigenvalue weighted by Crippen LogP contribution is 2.30. The van der Waals surface area contributed by atoms with E-state index in [1.165, 1.54) is 11.6 Å². The van der Waals surface area contributed by atoms with Gasteiger partial charge in [0.15, 0.2) is 0 Å². The summed E-state index contributed by atoms with van der Waals surface area (Å²) in [6, 6.07) is 15.4. The number of hydrogen-bond acceptors (Lipinski definition) is 2. The monoisotopic (exact) mass is 308 g/mol. The molecule has 118 valence electrons. The SMILES string of the molecule is CC(NCCNc1cccc(C(F)(F)F)c1)c1ccccc1. The van der Waals surface area contributed by atoms with Gasteiger partial charge in [-0.15, -0.1) is 0 Å². The fraction of sp³-hybridized carbons (Fsp3) is 0.294. The van der Waals surface area contributed by atoms with Crippen molar-refractivity contribution in [2.45, 2.75) is 19.1 Å². The van der Waals surface area contributed by atoms with Crippen LogP contribution in [0.15, 0.2) is 54.6 Å². The van der Waals surface area contributed by atoms with Crippen molar-refractivity contribution in [1.29, 1.82) is 0 Å². The second kappa shape index (κ2) is 7.31. The Morgan fingerprint density at radius 1 is 0.955 bits per heavy atom. The van der Waals surface area contributed by atoms with Gasteiger partial charge in [-0.25, -0.2) is 0 Å². The Morgan fingerprint density at radius 3 is 2.36 bits per heavy atom. The molecule has 2 rings (SSSR count). The molecule has 1 atom stereocenters. The number of anilines is 1. The second-order valence-corrected chi connectivity index (χ2v) is 5.09. The summed E-state index contributed by atoms with van der Waals surface area (Å²) in [7, 11) is 0. The molecule has 0 saturated carbocycles. The molecule has 0 aliphatic heterocycles. The second-order valence-electron chi connectivity index (χ2n) is 5.09. The molecule has 0 aliphatic rings. The molecule has 0 fully saturated rings. The van der Waals surface area contributed by atoms with Gasteiger partial charge in [-0.3, -0.25) is 0 Å². The third-order valence-corrected chi connectivity index (χ3v) is 3.39. The summed E-state index contributed by atoms with van der Waals surface area (Å²) < 4.78 is 37.8. The average molecular weight is 308 g/mol. The van der Waals surface area contributed by atoms with Gasteiger partial charge in [-0.1, -0.05) is 36.4 Å². The number of benzene rings is 2. The number of nitrogens with one attached hydrogen (secondary N) is 2. The Morgan fingerprint density at radius 2 is 1.68 bits per heavy atom. The Kier molecular flexibility index (Phi) is 5.44. The average Bonchev–Trinajstić information content (AvgIpc) is 2.52. The molecule has 1 unspecified atom stereocenters. The van der Waals surface area contributed by atoms with Crippen LogP contribution in [0.25, 0.3) is 0 Å². The summed E-state index contributed by atoms with van der Waals surface area (Å²) in [6.07, 6.45) is -4.31. The lowest BCUT2D eigenvalue weighted by Gasteiger charge is -2.15. The molecule has 2 aromatic carbocycles. The fourth-order valence-corrected chi connectivity index (χ4v) is 2.16. The topological polar surface area (TPSA) is 24.1 Å². The lowest BCUT2D eigenvalue weighted by molar-refractivity contribution is -0.137. The van der Waals surface area contributed by atoms with Crippen LogP contribution in [0.5, 0.6) is 0 Å². The molecule has 22 heavy (non-hydrogen) atoms. The van der Waals surface area contributed by atoms with Crippen molar-refractivity contribution in [1.82, 2.24) is 5.32 Å². The highest BCUT2D eigenvalue weighted by atomic mass is 19.4. The molecule has 0 bridgehead atoms. The minimum Gasteiger partial charge on any atom is -0.384 e. The number of alkyl halides is 3. The lowest BCUT2D eigenvalue weighted by Crippen LogP contribution is -2.25. The number of hydrogen-bond donors (Lipinski definition) is 2. The maximum absolute atomic E-state index is 12.6. The van der Waals surface area contributed by atoms with Gasteiger partial charge >= 0.3 is 6.18 Å². The van der Waals surface area contributed by atoms with Crippen LogP contribution in [0.4, 0.5) is 18.9 Å². The Bertz CT molecular complexity index is 582. The molecule has 2 nitrogen and oxygen atoms in total. The summed E-state index contributed by atoms with van der Waals surface area (Å²) in [5.74, 6) is 0. The van der Waals surface area contributed by atoms with E-state index in [0.29, 0.717) is 18.8 Å². The molecule has 0 heterocycles. The van der Waals surface area contributed by atoms with Crippen molar-refractivity contribution in [2.24, 2.45) is 0 Å². The predicted octanol–water partition coefficient (Wildman–Crippen LogP) is 4.47. The van der Waals surface area contributed by atoms with E-state index < -0.39 is 11.7 Å². The molecule has 0 spiro atoms. The maximum atomic E-state index is 12.6. The maximum Gasteiger partial charge on any atom is 0.416 e. The van der Waals surface area contributed by atoms with Crippen molar-refractivity contribution in [3.63, 3.8) is 0 Å². The van der Waals surface area contributed by atoms with E-state index in [2.05, 4.69) is 17.6 Å². The first-order valence-electron chi connectivity index (χ1n) is 7.16. The normalized spacial score (nSPS) is 12.9. The van der Waals surface area contributed by atoms with Gasteiger partial charge in [0.25, 0.3) is 0 Å². The minimum atomic E-state index is -4.31. The molecular weight excluding hydrogens is 289 g/mol. The van der Waals surface area contributed by atoms with Gasteiger partial charge in [-0.2, -0.15) is 13.2 Å². The summed E-state index contributed by atoms with van der Waals surface area (Å²) in [5, 5.41) is 6.33. The van der Waals surface area contributed by atoms with Crippen molar-refractivity contribution < 1.29 is 13.2 Å². The summed E-state index contributed by atoms with van der Waals surface area (Å²) in [6.45, 7) is 3.27. The number of halogens is 3. The van der Waals surface area contributed by atoms with Gasteiger partial charge in [0.05, 0.1) is 5.56 Å². The first-order valence-corrected chi connectivity index (χ1v) is 7.16. The van der Waals surface area contributed by atoms with Gasteiger partial charge in [0.1, 0.15) is 0 Å². The molecule has 0 saturated heterocycles. The van der Waals surface area contributed by atoms with Gasteiger partial charge in [0.2, 0.25) is 0 Å². The molecule has 2 aromatic rings. The zero-order valence-electron chi connectivity index (χ0n) is 12.3. The third kappa shape index (κ3) is 4.77. The van der Waals surface area contributed by atoms with Gasteiger partial charge in [0, 0.05) is 24.8 Å². The van der Waals surface area contributed by atoms with Crippen molar-refractivity contribution in [3.05, 3.63) is 65.7 Å². The summed E-state index contributed by atoms with van der Waals surface area (Å²) in [4.78, 5) is 0. The number of rotatable bonds is 6. The molecule has 0 aromatic heterocycles. The Hall–Kier alpha value is -2.01. The van der Waals surface area contributed by atoms with Crippen LogP contribution in [0, 0.1) is 0 Å². The first-order chi connectivity index (χ1) is 10.5. The Balaban J connectivity index is 1.80. The fourth-order valence-electron chi connectivity index (χ4n) is 2.16. The highest BCUT2D eigenvalue weighted by Gasteiger charge is 2.30. The summed E-state index contributed by atoms with van der Waals surface area (Å²) >= 11 is 0. The molecule has 0 amide bonds. The van der Waals surface area contributed by atoms with E-state index >= 15 is 0 Å². The van der Waals surface area contributed by atoms with Crippen molar-refractivity contribution >= 4 is 5.69 Å². The van der Waals surface area contributed by atoms with Crippen LogP contribution >= 0.6 is 0 Å². The standard InChI is InChI=1S/C17H19F3N2/c1-13(14-6-3-2-4-7-14)21-10-11-22-16-9-5-8-15(12-16)17(18,19)20/h2-9,12-13,21-22H,10-11H2,1H3. The van der Waals surface area contributed by atoms with Crippen molar-refractivity contribution in [2.75, 3.05) is 18.4 Å². The molecule has 0 radical (unpaired) electrons. The molecule has 0 aliphatic carbocycles. The first kappa shape index (κ1) is 16.4. The van der Waals surface area contributed by atoms with E-state index in [-0.39, 0.29) is 6.04 Å². The summed E-state index contributed by atoms with van der Waals surface area (Å²) in [5.41, 5.74) is 1.02. The van der Waals surface area contributed by atoms with Crippen molar-refractivity contribution in [3.8, 4) is 0 Å². The van der Waals surface area contributed by atoms with E-state index in [1.54, 1.807) is 6.07 Å². The van der Waals surface area contributed by atoms with Gasteiger partial charge < -0.3 is 10.6 Å². The van der Waals surface area contributed by atoms with E-state index in [0.717, 1.165) is 12.1 Å². The van der Waals surface area contributed by atoms with Crippen LogP contribution in [-0.2, 0) is 6.18 Å². The van der Waals surface area contributed by atoms with Crippen LogP contribution in [0.2, 0.25) is 0 Å². The smallest absolute Gasteiger partial charge is 0.384 e. The lowest BCUT2D eigenvalue weighted by atomic mass is 10.1. The van der Waals surface area contributed by atoms with Crippen LogP contribution in [-0.4, -0.2) is 13.1 Å².